The van der Waals surface area contributed by atoms with Crippen molar-refractivity contribution in [3.05, 3.63) is 23.2 Å². The van der Waals surface area contributed by atoms with Gasteiger partial charge in [-0.2, -0.15) is 0 Å². The monoisotopic (exact) mass is 337 g/mol. The molecule has 24 heavy (non-hydrogen) atoms. The van der Waals surface area contributed by atoms with Gasteiger partial charge in [-0.1, -0.05) is 0 Å². The Morgan fingerprint density at radius 3 is 2.58 bits per heavy atom. The predicted octanol–water partition coefficient (Wildman–Crippen LogP) is 2.76. The lowest BCUT2D eigenvalue weighted by molar-refractivity contribution is -0.0679. The molecule has 2 amide bonds. The van der Waals surface area contributed by atoms with E-state index in [1.165, 1.54) is 0 Å². The highest BCUT2D eigenvalue weighted by Gasteiger charge is 2.21. The van der Waals surface area contributed by atoms with E-state index in [4.69, 9.17) is 9.15 Å². The molecule has 1 fully saturated rings. The molecule has 1 aromatic heterocycles. The van der Waals surface area contributed by atoms with Gasteiger partial charge in [0.1, 0.15) is 11.5 Å². The first-order valence-electron chi connectivity index (χ1n) is 8.84. The number of urea groups is 1. The number of ether oxygens (including phenoxy) is 1. The van der Waals surface area contributed by atoms with E-state index < -0.39 is 0 Å². The van der Waals surface area contributed by atoms with Crippen LogP contribution in [0.5, 0.6) is 0 Å². The van der Waals surface area contributed by atoms with Crippen molar-refractivity contribution < 1.29 is 13.9 Å². The van der Waals surface area contributed by atoms with Gasteiger partial charge in [0.15, 0.2) is 0 Å². The van der Waals surface area contributed by atoms with Gasteiger partial charge in [-0.25, -0.2) is 4.79 Å². The zero-order valence-corrected chi connectivity index (χ0v) is 15.5. The third-order valence-electron chi connectivity index (χ3n) is 4.33. The molecule has 0 saturated carbocycles. The van der Waals surface area contributed by atoms with Crippen LogP contribution in [0.1, 0.15) is 50.3 Å². The highest BCUT2D eigenvalue weighted by atomic mass is 16.5. The van der Waals surface area contributed by atoms with E-state index in [0.717, 1.165) is 43.1 Å². The van der Waals surface area contributed by atoms with E-state index in [1.807, 2.05) is 26.8 Å². The lowest BCUT2D eigenvalue weighted by atomic mass is 10.1. The molecule has 6 nitrogen and oxygen atoms in total. The van der Waals surface area contributed by atoms with Gasteiger partial charge in [0.25, 0.3) is 0 Å². The smallest absolute Gasteiger partial charge is 0.315 e. The number of aryl methyl sites for hydroxylation is 2. The Balaban J connectivity index is 1.65. The minimum atomic E-state index is -0.135. The summed E-state index contributed by atoms with van der Waals surface area (Å²) in [6.45, 7) is 13.6. The highest BCUT2D eigenvalue weighted by molar-refractivity contribution is 5.74. The second kappa shape index (κ2) is 8.53. The van der Waals surface area contributed by atoms with E-state index in [2.05, 4.69) is 29.4 Å². The molecule has 136 valence electrons. The van der Waals surface area contributed by atoms with Crippen LogP contribution in [0.2, 0.25) is 0 Å². The largest absolute Gasteiger partial charge is 0.466 e. The van der Waals surface area contributed by atoms with Crippen molar-refractivity contribution in [2.45, 2.75) is 59.3 Å². The van der Waals surface area contributed by atoms with Gasteiger partial charge in [0.2, 0.25) is 0 Å². The fraction of sp³-hybridized carbons (Fsp3) is 0.722. The van der Waals surface area contributed by atoms with Crippen LogP contribution < -0.4 is 10.6 Å². The number of carbonyl (C=O) groups excluding carboxylic acids is 1. The molecular formula is C18H31N3O3. The minimum absolute atomic E-state index is 0.0663. The summed E-state index contributed by atoms with van der Waals surface area (Å²) in [6.07, 6.45) is 1.51. The SMILES string of the molecule is Cc1cc([C@H](C)NC(=O)NCCCN2C[C@@H](C)O[C@@H](C)C2)c(C)o1. The first kappa shape index (κ1) is 18.8. The summed E-state index contributed by atoms with van der Waals surface area (Å²) >= 11 is 0. The highest BCUT2D eigenvalue weighted by Crippen LogP contribution is 2.20. The summed E-state index contributed by atoms with van der Waals surface area (Å²) in [5.74, 6) is 1.72. The minimum Gasteiger partial charge on any atom is -0.466 e. The molecule has 0 radical (unpaired) electrons. The van der Waals surface area contributed by atoms with E-state index in [0.29, 0.717) is 6.54 Å². The number of hydrogen-bond acceptors (Lipinski definition) is 4. The summed E-state index contributed by atoms with van der Waals surface area (Å²) in [6, 6.07) is 1.77. The number of furan rings is 1. The van der Waals surface area contributed by atoms with Gasteiger partial charge in [-0.3, -0.25) is 4.90 Å². The number of nitrogens with one attached hydrogen (secondary N) is 2. The number of hydrogen-bond donors (Lipinski definition) is 2. The van der Waals surface area contributed by atoms with Gasteiger partial charge in [-0.05, 0) is 47.1 Å². The van der Waals surface area contributed by atoms with Crippen molar-refractivity contribution in [3.63, 3.8) is 0 Å². The Morgan fingerprint density at radius 2 is 2.00 bits per heavy atom. The molecule has 0 bridgehead atoms. The first-order valence-corrected chi connectivity index (χ1v) is 8.84. The van der Waals surface area contributed by atoms with Gasteiger partial charge in [-0.15, -0.1) is 0 Å². The quantitative estimate of drug-likeness (QED) is 0.783. The lowest BCUT2D eigenvalue weighted by Gasteiger charge is -2.35. The Kier molecular flexibility index (Phi) is 6.69. The molecular weight excluding hydrogens is 306 g/mol. The maximum Gasteiger partial charge on any atom is 0.315 e. The summed E-state index contributed by atoms with van der Waals surface area (Å²) in [5.41, 5.74) is 1.03. The molecule has 0 spiro atoms. The van der Waals surface area contributed by atoms with E-state index in [9.17, 15) is 4.79 Å². The van der Waals surface area contributed by atoms with Crippen LogP contribution in [0.15, 0.2) is 10.5 Å². The zero-order chi connectivity index (χ0) is 17.7. The average molecular weight is 337 g/mol. The van der Waals surface area contributed by atoms with Crippen molar-refractivity contribution in [1.82, 2.24) is 15.5 Å². The molecule has 2 N–H and O–H groups in total. The fourth-order valence-corrected chi connectivity index (χ4v) is 3.38. The van der Waals surface area contributed by atoms with Crippen LogP contribution in [0, 0.1) is 13.8 Å². The van der Waals surface area contributed by atoms with Crippen molar-refractivity contribution in [2.24, 2.45) is 0 Å². The van der Waals surface area contributed by atoms with Crippen LogP contribution in [0.25, 0.3) is 0 Å². The first-order chi connectivity index (χ1) is 11.3. The van der Waals surface area contributed by atoms with Crippen molar-refractivity contribution >= 4 is 6.03 Å². The number of morpholine rings is 1. The van der Waals surface area contributed by atoms with Gasteiger partial charge in [0.05, 0.1) is 18.2 Å². The summed E-state index contributed by atoms with van der Waals surface area (Å²) in [7, 11) is 0. The maximum atomic E-state index is 12.0. The number of nitrogens with zero attached hydrogens (tertiary/aromatic N) is 1. The normalized spacial score (nSPS) is 23.0. The van der Waals surface area contributed by atoms with Gasteiger partial charge >= 0.3 is 6.03 Å². The third kappa shape index (κ3) is 5.53. The molecule has 2 rings (SSSR count). The zero-order valence-electron chi connectivity index (χ0n) is 15.5. The summed E-state index contributed by atoms with van der Waals surface area (Å²) in [5, 5.41) is 5.89. The van der Waals surface area contributed by atoms with Crippen LogP contribution in [-0.4, -0.2) is 49.3 Å². The molecule has 0 aliphatic carbocycles. The second-order valence-electron chi connectivity index (χ2n) is 6.86. The van der Waals surface area contributed by atoms with E-state index in [-0.39, 0.29) is 24.3 Å². The molecule has 0 unspecified atom stereocenters. The Bertz CT molecular complexity index is 534. The van der Waals surface area contributed by atoms with E-state index >= 15 is 0 Å². The lowest BCUT2D eigenvalue weighted by Crippen LogP contribution is -2.46. The Hall–Kier alpha value is -1.53. The standard InChI is InChI=1S/C18H31N3O3/c1-12-9-17(16(5)24-12)15(4)20-18(22)19-7-6-8-21-10-13(2)23-14(3)11-21/h9,13-15H,6-8,10-11H2,1-5H3,(H2,19,20,22)/t13-,14+,15-/m0/s1. The summed E-state index contributed by atoms with van der Waals surface area (Å²) < 4.78 is 11.2. The number of rotatable bonds is 6. The second-order valence-corrected chi connectivity index (χ2v) is 6.86. The van der Waals surface area contributed by atoms with Gasteiger partial charge < -0.3 is 19.8 Å². The van der Waals surface area contributed by atoms with Crippen LogP contribution in [0.4, 0.5) is 4.79 Å². The number of carbonyl (C=O) groups is 1. The molecule has 1 saturated heterocycles. The Labute approximate surface area is 144 Å². The summed E-state index contributed by atoms with van der Waals surface area (Å²) in [4.78, 5) is 14.4. The van der Waals surface area contributed by atoms with Crippen molar-refractivity contribution in [3.8, 4) is 0 Å². The van der Waals surface area contributed by atoms with Crippen LogP contribution in [0.3, 0.4) is 0 Å². The predicted molar refractivity (Wildman–Crippen MR) is 94.2 cm³/mol. The molecule has 6 heteroatoms. The Morgan fingerprint density at radius 1 is 1.33 bits per heavy atom. The van der Waals surface area contributed by atoms with Crippen LogP contribution in [-0.2, 0) is 4.74 Å². The molecule has 1 aliphatic heterocycles. The number of amides is 2. The molecule has 0 aromatic carbocycles. The van der Waals surface area contributed by atoms with Crippen molar-refractivity contribution in [2.75, 3.05) is 26.2 Å². The van der Waals surface area contributed by atoms with Crippen LogP contribution >= 0.6 is 0 Å². The molecule has 1 aliphatic rings. The van der Waals surface area contributed by atoms with Crippen molar-refractivity contribution in [1.29, 1.82) is 0 Å². The molecule has 1 aromatic rings. The average Bonchev–Trinajstić information content (AvgIpc) is 2.81. The van der Waals surface area contributed by atoms with E-state index in [1.54, 1.807) is 0 Å². The van der Waals surface area contributed by atoms with Gasteiger partial charge in [0, 0.05) is 31.7 Å². The topological polar surface area (TPSA) is 66.7 Å². The molecule has 3 atom stereocenters. The third-order valence-corrected chi connectivity index (χ3v) is 4.33. The molecule has 2 heterocycles. The maximum absolute atomic E-state index is 12.0. The fourth-order valence-electron chi connectivity index (χ4n) is 3.38.